The van der Waals surface area contributed by atoms with E-state index in [1.54, 1.807) is 11.1 Å². The molecule has 1 aliphatic heterocycles. The molecule has 0 aromatic carbocycles. The number of ether oxygens (including phenoxy) is 1. The lowest BCUT2D eigenvalue weighted by atomic mass is 9.71. The highest BCUT2D eigenvalue weighted by molar-refractivity contribution is 5.20. The normalized spacial score (nSPS) is 26.1. The van der Waals surface area contributed by atoms with Crippen LogP contribution in [0.3, 0.4) is 0 Å². The zero-order chi connectivity index (χ0) is 18.1. The van der Waals surface area contributed by atoms with Gasteiger partial charge in [0.15, 0.2) is 0 Å². The van der Waals surface area contributed by atoms with Crippen molar-refractivity contribution in [1.29, 1.82) is 0 Å². The third-order valence-electron chi connectivity index (χ3n) is 5.95. The average molecular weight is 349 g/mol. The van der Waals surface area contributed by atoms with Gasteiger partial charge >= 0.3 is 0 Å². The van der Waals surface area contributed by atoms with E-state index < -0.39 is 0 Å². The topological polar surface area (TPSA) is 15.7 Å². The zero-order valence-corrected chi connectivity index (χ0v) is 17.1. The van der Waals surface area contributed by atoms with Gasteiger partial charge in [-0.2, -0.15) is 0 Å². The Hall–Kier alpha value is -0.640. The van der Waals surface area contributed by atoms with Crippen molar-refractivity contribution in [3.8, 4) is 0 Å². The highest BCUT2D eigenvalue weighted by Gasteiger charge is 2.31. The van der Waals surface area contributed by atoms with Crippen molar-refractivity contribution < 1.29 is 4.74 Å². The molecule has 0 bridgehead atoms. The lowest BCUT2D eigenvalue weighted by molar-refractivity contribution is 0.0194. The predicted octanol–water partition coefficient (Wildman–Crippen LogP) is 4.36. The van der Waals surface area contributed by atoms with E-state index in [1.165, 1.54) is 32.4 Å². The second kappa shape index (κ2) is 11.2. The standard InChI is InChI=1S/C22H40N2O/c1-5-10-23(7-3)17-20(6-2)9-8-19(4)22-15-21(16-22)18-24-11-13-25-14-12-24/h8-9,21-22H,5-7,10-18H2,1-4H3. The quantitative estimate of drug-likeness (QED) is 0.546. The van der Waals surface area contributed by atoms with Crippen molar-refractivity contribution >= 4 is 0 Å². The molecular formula is C22H40N2O. The fraction of sp³-hybridized carbons (Fsp3) is 0.818. The Labute approximate surface area is 156 Å². The summed E-state index contributed by atoms with van der Waals surface area (Å²) in [5.74, 6) is 1.72. The maximum absolute atomic E-state index is 5.45. The number of hydrogen-bond acceptors (Lipinski definition) is 3. The molecule has 3 nitrogen and oxygen atoms in total. The Morgan fingerprint density at radius 3 is 2.44 bits per heavy atom. The van der Waals surface area contributed by atoms with Gasteiger partial charge in [0.2, 0.25) is 0 Å². The van der Waals surface area contributed by atoms with E-state index in [1.807, 2.05) is 0 Å². The fourth-order valence-corrected chi connectivity index (χ4v) is 4.03. The van der Waals surface area contributed by atoms with Crippen molar-refractivity contribution in [3.05, 3.63) is 23.3 Å². The highest BCUT2D eigenvalue weighted by atomic mass is 16.5. The lowest BCUT2D eigenvalue weighted by Crippen LogP contribution is -2.42. The number of rotatable bonds is 10. The molecule has 2 aliphatic rings. The predicted molar refractivity (Wildman–Crippen MR) is 108 cm³/mol. The van der Waals surface area contributed by atoms with Crippen LogP contribution in [-0.2, 0) is 4.74 Å². The van der Waals surface area contributed by atoms with E-state index >= 15 is 0 Å². The summed E-state index contributed by atoms with van der Waals surface area (Å²) in [5.41, 5.74) is 3.15. The van der Waals surface area contributed by atoms with Crippen molar-refractivity contribution in [1.82, 2.24) is 9.80 Å². The molecule has 0 radical (unpaired) electrons. The molecule has 1 saturated heterocycles. The summed E-state index contributed by atoms with van der Waals surface area (Å²) < 4.78 is 5.45. The van der Waals surface area contributed by atoms with Crippen LogP contribution in [0.5, 0.6) is 0 Å². The van der Waals surface area contributed by atoms with Crippen molar-refractivity contribution in [2.45, 2.75) is 53.4 Å². The molecular weight excluding hydrogens is 308 g/mol. The van der Waals surface area contributed by atoms with Gasteiger partial charge in [-0.1, -0.05) is 44.1 Å². The first-order valence-corrected chi connectivity index (χ1v) is 10.5. The van der Waals surface area contributed by atoms with Crippen molar-refractivity contribution in [3.63, 3.8) is 0 Å². The van der Waals surface area contributed by atoms with Gasteiger partial charge in [-0.15, -0.1) is 0 Å². The molecule has 1 saturated carbocycles. The molecule has 0 aromatic heterocycles. The molecule has 0 N–H and O–H groups in total. The molecule has 144 valence electrons. The first-order chi connectivity index (χ1) is 12.2. The van der Waals surface area contributed by atoms with Crippen LogP contribution in [0.2, 0.25) is 0 Å². The van der Waals surface area contributed by atoms with E-state index in [-0.39, 0.29) is 0 Å². The number of likely N-dealkylation sites (N-methyl/N-ethyl adjacent to an activating group) is 1. The van der Waals surface area contributed by atoms with Crippen LogP contribution in [-0.4, -0.2) is 62.3 Å². The van der Waals surface area contributed by atoms with E-state index in [9.17, 15) is 0 Å². The molecule has 0 atom stereocenters. The number of nitrogens with zero attached hydrogens (tertiary/aromatic N) is 2. The molecule has 0 spiro atoms. The Bertz CT molecular complexity index is 431. The third kappa shape index (κ3) is 6.88. The van der Waals surface area contributed by atoms with E-state index in [0.29, 0.717) is 0 Å². The molecule has 2 fully saturated rings. The van der Waals surface area contributed by atoms with Crippen LogP contribution >= 0.6 is 0 Å². The Morgan fingerprint density at radius 1 is 1.12 bits per heavy atom. The summed E-state index contributed by atoms with van der Waals surface area (Å²) in [4.78, 5) is 5.14. The average Bonchev–Trinajstić information content (AvgIpc) is 2.61. The summed E-state index contributed by atoms with van der Waals surface area (Å²) in [6, 6.07) is 0. The lowest BCUT2D eigenvalue weighted by Gasteiger charge is -2.40. The van der Waals surface area contributed by atoms with Gasteiger partial charge < -0.3 is 4.74 Å². The van der Waals surface area contributed by atoms with Crippen molar-refractivity contribution in [2.75, 3.05) is 52.5 Å². The van der Waals surface area contributed by atoms with Gasteiger partial charge in [0, 0.05) is 26.2 Å². The molecule has 1 heterocycles. The maximum atomic E-state index is 5.45. The largest absolute Gasteiger partial charge is 0.379 e. The second-order valence-corrected chi connectivity index (χ2v) is 7.91. The molecule has 3 heteroatoms. The van der Waals surface area contributed by atoms with E-state index in [0.717, 1.165) is 57.6 Å². The van der Waals surface area contributed by atoms with E-state index in [2.05, 4.69) is 49.6 Å². The highest BCUT2D eigenvalue weighted by Crippen LogP contribution is 2.39. The van der Waals surface area contributed by atoms with Gasteiger partial charge in [-0.3, -0.25) is 9.80 Å². The number of morpholine rings is 1. The van der Waals surface area contributed by atoms with Gasteiger partial charge in [0.25, 0.3) is 0 Å². The van der Waals surface area contributed by atoms with Crippen LogP contribution in [0.4, 0.5) is 0 Å². The summed E-state index contributed by atoms with van der Waals surface area (Å²) in [6.45, 7) is 18.1. The minimum absolute atomic E-state index is 0.818. The summed E-state index contributed by atoms with van der Waals surface area (Å²) in [7, 11) is 0. The smallest absolute Gasteiger partial charge is 0.0594 e. The molecule has 0 aromatic rings. The molecule has 0 unspecified atom stereocenters. The molecule has 0 amide bonds. The zero-order valence-electron chi connectivity index (χ0n) is 17.1. The SMILES string of the molecule is CCCN(CC)CC(=CC=C(C)C1CC(CN2CCOCC2)C1)CC. The Morgan fingerprint density at radius 2 is 1.84 bits per heavy atom. The van der Waals surface area contributed by atoms with Crippen LogP contribution in [0.25, 0.3) is 0 Å². The first kappa shape index (κ1) is 20.7. The van der Waals surface area contributed by atoms with Crippen LogP contribution in [0.1, 0.15) is 53.4 Å². The first-order valence-electron chi connectivity index (χ1n) is 10.5. The maximum Gasteiger partial charge on any atom is 0.0594 e. The third-order valence-corrected chi connectivity index (χ3v) is 5.95. The van der Waals surface area contributed by atoms with E-state index in [4.69, 9.17) is 4.74 Å². The molecule has 2 rings (SSSR count). The van der Waals surface area contributed by atoms with Gasteiger partial charge in [-0.25, -0.2) is 0 Å². The number of hydrogen-bond donors (Lipinski definition) is 0. The molecule has 25 heavy (non-hydrogen) atoms. The van der Waals surface area contributed by atoms with Crippen LogP contribution in [0, 0.1) is 11.8 Å². The van der Waals surface area contributed by atoms with Crippen molar-refractivity contribution in [2.24, 2.45) is 11.8 Å². The number of allylic oxidation sites excluding steroid dienone is 3. The monoisotopic (exact) mass is 348 g/mol. The second-order valence-electron chi connectivity index (χ2n) is 7.91. The minimum atomic E-state index is 0.818. The minimum Gasteiger partial charge on any atom is -0.379 e. The van der Waals surface area contributed by atoms with Gasteiger partial charge in [-0.05, 0) is 57.5 Å². The Balaban J connectivity index is 1.76. The fourth-order valence-electron chi connectivity index (χ4n) is 4.03. The summed E-state index contributed by atoms with van der Waals surface area (Å²) >= 11 is 0. The summed E-state index contributed by atoms with van der Waals surface area (Å²) in [5, 5.41) is 0. The van der Waals surface area contributed by atoms with Crippen LogP contribution in [0.15, 0.2) is 23.3 Å². The van der Waals surface area contributed by atoms with Gasteiger partial charge in [0.05, 0.1) is 13.2 Å². The molecule has 1 aliphatic carbocycles. The summed E-state index contributed by atoms with van der Waals surface area (Å²) in [6.07, 6.45) is 9.98. The van der Waals surface area contributed by atoms with Gasteiger partial charge in [0.1, 0.15) is 0 Å². The Kier molecular flexibility index (Phi) is 9.22. The van der Waals surface area contributed by atoms with Crippen LogP contribution < -0.4 is 0 Å².